The Hall–Kier alpha value is -1.45. The van der Waals surface area contributed by atoms with Crippen molar-refractivity contribution in [2.45, 2.75) is 38.1 Å². The van der Waals surface area contributed by atoms with Gasteiger partial charge in [0.2, 0.25) is 5.95 Å². The molecule has 0 aliphatic heterocycles. The number of hydrogen-bond donors (Lipinski definition) is 1. The Morgan fingerprint density at radius 1 is 1.31 bits per heavy atom. The van der Waals surface area contributed by atoms with Crippen LogP contribution in [0.2, 0.25) is 0 Å². The monoisotopic (exact) mass is 222 g/mol. The van der Waals surface area contributed by atoms with E-state index in [9.17, 15) is 9.18 Å². The van der Waals surface area contributed by atoms with Crippen LogP contribution in [0.3, 0.4) is 0 Å². The molecule has 1 N–H and O–H groups in total. The highest BCUT2D eigenvalue weighted by Crippen LogP contribution is 2.17. The molecule has 1 aromatic rings. The van der Waals surface area contributed by atoms with Crippen molar-refractivity contribution in [2.24, 2.45) is 0 Å². The molecule has 0 spiro atoms. The van der Waals surface area contributed by atoms with Gasteiger partial charge in [0.1, 0.15) is 0 Å². The van der Waals surface area contributed by atoms with Crippen molar-refractivity contribution in [1.29, 1.82) is 0 Å². The van der Waals surface area contributed by atoms with Gasteiger partial charge in [-0.1, -0.05) is 19.3 Å². The van der Waals surface area contributed by atoms with Crippen LogP contribution in [-0.4, -0.2) is 16.9 Å². The van der Waals surface area contributed by atoms with E-state index >= 15 is 0 Å². The lowest BCUT2D eigenvalue weighted by atomic mass is 9.95. The van der Waals surface area contributed by atoms with Crippen LogP contribution in [0.25, 0.3) is 0 Å². The van der Waals surface area contributed by atoms with Gasteiger partial charge in [-0.2, -0.15) is 4.39 Å². The lowest BCUT2D eigenvalue weighted by Gasteiger charge is -2.22. The number of nitrogens with zero attached hydrogens (tertiary/aromatic N) is 1. The number of hydrogen-bond acceptors (Lipinski definition) is 2. The second-order valence-electron chi connectivity index (χ2n) is 4.18. The minimum atomic E-state index is -0.561. The van der Waals surface area contributed by atoms with Crippen molar-refractivity contribution in [1.82, 2.24) is 10.3 Å². The maximum absolute atomic E-state index is 12.6. The molecule has 0 bridgehead atoms. The van der Waals surface area contributed by atoms with Gasteiger partial charge >= 0.3 is 0 Å². The quantitative estimate of drug-likeness (QED) is 0.780. The SMILES string of the molecule is O=C(NC1CCCCC1)c1ccc(F)nc1. The molecule has 0 saturated heterocycles. The Morgan fingerprint density at radius 2 is 2.06 bits per heavy atom. The first-order valence-electron chi connectivity index (χ1n) is 5.68. The van der Waals surface area contributed by atoms with Gasteiger partial charge in [-0.15, -0.1) is 0 Å². The number of nitrogens with one attached hydrogen (secondary N) is 1. The molecule has 1 amide bonds. The molecule has 86 valence electrons. The number of carbonyl (C=O) groups excluding carboxylic acids is 1. The first-order chi connectivity index (χ1) is 7.75. The van der Waals surface area contributed by atoms with Crippen LogP contribution in [0, 0.1) is 5.95 Å². The van der Waals surface area contributed by atoms with Gasteiger partial charge in [0.15, 0.2) is 0 Å². The van der Waals surface area contributed by atoms with Gasteiger partial charge in [0.25, 0.3) is 5.91 Å². The van der Waals surface area contributed by atoms with Crippen molar-refractivity contribution >= 4 is 5.91 Å². The minimum Gasteiger partial charge on any atom is -0.349 e. The van der Waals surface area contributed by atoms with E-state index in [1.165, 1.54) is 37.6 Å². The molecule has 0 radical (unpaired) electrons. The summed E-state index contributed by atoms with van der Waals surface area (Å²) in [6.07, 6.45) is 6.96. The average Bonchev–Trinajstić information content (AvgIpc) is 2.31. The molecule has 1 aromatic heterocycles. The number of pyridine rings is 1. The van der Waals surface area contributed by atoms with Gasteiger partial charge in [0.05, 0.1) is 5.56 Å². The largest absolute Gasteiger partial charge is 0.349 e. The van der Waals surface area contributed by atoms with E-state index in [1.54, 1.807) is 0 Å². The Balaban J connectivity index is 1.94. The Labute approximate surface area is 94.1 Å². The first-order valence-corrected chi connectivity index (χ1v) is 5.68. The van der Waals surface area contributed by atoms with Crippen LogP contribution < -0.4 is 5.32 Å². The fraction of sp³-hybridized carbons (Fsp3) is 0.500. The standard InChI is InChI=1S/C12H15FN2O/c13-11-7-6-9(8-14-11)12(16)15-10-4-2-1-3-5-10/h6-8,10H,1-5H2,(H,15,16). The molecule has 0 atom stereocenters. The molecule has 1 saturated carbocycles. The van der Waals surface area contributed by atoms with Crippen LogP contribution in [0.4, 0.5) is 4.39 Å². The summed E-state index contributed by atoms with van der Waals surface area (Å²) < 4.78 is 12.6. The topological polar surface area (TPSA) is 42.0 Å². The predicted molar refractivity (Wildman–Crippen MR) is 58.5 cm³/mol. The van der Waals surface area contributed by atoms with E-state index in [0.717, 1.165) is 12.8 Å². The summed E-state index contributed by atoms with van der Waals surface area (Å²) in [7, 11) is 0. The van der Waals surface area contributed by atoms with Gasteiger partial charge in [0, 0.05) is 12.2 Å². The summed E-state index contributed by atoms with van der Waals surface area (Å²) in [5.41, 5.74) is 0.423. The molecule has 4 heteroatoms. The lowest BCUT2D eigenvalue weighted by molar-refractivity contribution is 0.0927. The normalized spacial score (nSPS) is 17.1. The highest BCUT2D eigenvalue weighted by molar-refractivity contribution is 5.94. The lowest BCUT2D eigenvalue weighted by Crippen LogP contribution is -2.36. The van der Waals surface area contributed by atoms with Gasteiger partial charge in [-0.05, 0) is 25.0 Å². The molecule has 2 rings (SSSR count). The Morgan fingerprint density at radius 3 is 2.69 bits per heavy atom. The third kappa shape index (κ3) is 2.78. The Kier molecular flexibility index (Phi) is 3.49. The summed E-state index contributed by atoms with van der Waals surface area (Å²) in [6.45, 7) is 0. The second kappa shape index (κ2) is 5.05. The fourth-order valence-electron chi connectivity index (χ4n) is 2.03. The highest BCUT2D eigenvalue weighted by atomic mass is 19.1. The summed E-state index contributed by atoms with van der Waals surface area (Å²) in [4.78, 5) is 15.2. The van der Waals surface area contributed by atoms with Crippen molar-refractivity contribution in [2.75, 3.05) is 0 Å². The fourth-order valence-corrected chi connectivity index (χ4v) is 2.03. The van der Waals surface area contributed by atoms with E-state index in [4.69, 9.17) is 0 Å². The predicted octanol–water partition coefficient (Wildman–Crippen LogP) is 2.28. The average molecular weight is 222 g/mol. The van der Waals surface area contributed by atoms with Crippen LogP contribution >= 0.6 is 0 Å². The number of rotatable bonds is 2. The van der Waals surface area contributed by atoms with E-state index in [0.29, 0.717) is 5.56 Å². The van der Waals surface area contributed by atoms with E-state index in [-0.39, 0.29) is 11.9 Å². The summed E-state index contributed by atoms with van der Waals surface area (Å²) in [5, 5.41) is 2.95. The number of amides is 1. The van der Waals surface area contributed by atoms with Crippen molar-refractivity contribution < 1.29 is 9.18 Å². The summed E-state index contributed by atoms with van der Waals surface area (Å²) >= 11 is 0. The highest BCUT2D eigenvalue weighted by Gasteiger charge is 2.16. The summed E-state index contributed by atoms with van der Waals surface area (Å²) in [6, 6.07) is 2.93. The number of aromatic nitrogens is 1. The zero-order chi connectivity index (χ0) is 11.4. The first kappa shape index (κ1) is 11.0. The molecule has 1 heterocycles. The Bertz CT molecular complexity index is 358. The molecule has 1 fully saturated rings. The van der Waals surface area contributed by atoms with Crippen molar-refractivity contribution in [3.8, 4) is 0 Å². The molecule has 0 aromatic carbocycles. The third-order valence-electron chi connectivity index (χ3n) is 2.93. The second-order valence-corrected chi connectivity index (χ2v) is 4.18. The van der Waals surface area contributed by atoms with Crippen molar-refractivity contribution in [3.05, 3.63) is 29.8 Å². The molecular weight excluding hydrogens is 207 g/mol. The number of carbonyl (C=O) groups is 1. The van der Waals surface area contributed by atoms with Gasteiger partial charge in [-0.25, -0.2) is 4.98 Å². The van der Waals surface area contributed by atoms with E-state index < -0.39 is 5.95 Å². The van der Waals surface area contributed by atoms with E-state index in [2.05, 4.69) is 10.3 Å². The maximum Gasteiger partial charge on any atom is 0.253 e. The zero-order valence-electron chi connectivity index (χ0n) is 9.08. The number of halogens is 1. The molecule has 0 unspecified atom stereocenters. The molecular formula is C12H15FN2O. The molecule has 16 heavy (non-hydrogen) atoms. The molecule has 1 aliphatic rings. The minimum absolute atomic E-state index is 0.153. The smallest absolute Gasteiger partial charge is 0.253 e. The van der Waals surface area contributed by atoms with Gasteiger partial charge < -0.3 is 5.32 Å². The maximum atomic E-state index is 12.6. The van der Waals surface area contributed by atoms with Crippen LogP contribution in [0.5, 0.6) is 0 Å². The third-order valence-corrected chi connectivity index (χ3v) is 2.93. The van der Waals surface area contributed by atoms with Crippen LogP contribution in [-0.2, 0) is 0 Å². The van der Waals surface area contributed by atoms with E-state index in [1.807, 2.05) is 0 Å². The van der Waals surface area contributed by atoms with Crippen molar-refractivity contribution in [3.63, 3.8) is 0 Å². The van der Waals surface area contributed by atoms with Crippen LogP contribution in [0.1, 0.15) is 42.5 Å². The summed E-state index contributed by atoms with van der Waals surface area (Å²) in [5.74, 6) is -0.714. The molecule has 1 aliphatic carbocycles. The zero-order valence-corrected chi connectivity index (χ0v) is 9.08. The molecule has 3 nitrogen and oxygen atoms in total. The van der Waals surface area contributed by atoms with Gasteiger partial charge in [-0.3, -0.25) is 4.79 Å². The van der Waals surface area contributed by atoms with Crippen LogP contribution in [0.15, 0.2) is 18.3 Å².